The number of carbonyl (C=O) groups is 1. The van der Waals surface area contributed by atoms with Gasteiger partial charge in [0.05, 0.1) is 6.10 Å². The Balaban J connectivity index is 2.19. The number of hydrogen-bond acceptors (Lipinski definition) is 3. The van der Waals surface area contributed by atoms with Crippen LogP contribution in [0.15, 0.2) is 30.3 Å². The molecule has 1 amide bonds. The first kappa shape index (κ1) is 23.2. The summed E-state index contributed by atoms with van der Waals surface area (Å²) < 4.78 is 40.3. The Morgan fingerprint density at radius 1 is 1.07 bits per heavy atom. The number of aliphatic hydroxyl groups is 1. The molecule has 0 aliphatic rings. The van der Waals surface area contributed by atoms with Crippen LogP contribution >= 0.6 is 11.6 Å². The van der Waals surface area contributed by atoms with Crippen LogP contribution < -0.4 is 11.1 Å². The van der Waals surface area contributed by atoms with Gasteiger partial charge in [-0.05, 0) is 62.6 Å². The van der Waals surface area contributed by atoms with Gasteiger partial charge in [-0.3, -0.25) is 4.79 Å². The lowest BCUT2D eigenvalue weighted by molar-refractivity contribution is 0.0917. The van der Waals surface area contributed by atoms with Crippen molar-refractivity contribution in [2.75, 3.05) is 0 Å². The molecule has 8 heteroatoms. The van der Waals surface area contributed by atoms with Crippen LogP contribution in [0.2, 0.25) is 5.02 Å². The Labute approximate surface area is 172 Å². The van der Waals surface area contributed by atoms with Crippen molar-refractivity contribution in [2.45, 2.75) is 51.3 Å². The molecule has 0 aromatic heterocycles. The highest BCUT2D eigenvalue weighted by Crippen LogP contribution is 2.21. The number of halogens is 4. The molecular formula is C21H24ClF3N2O2. The molecule has 2 rings (SSSR count). The van der Waals surface area contributed by atoms with E-state index in [1.807, 2.05) is 20.8 Å². The lowest BCUT2D eigenvalue weighted by Crippen LogP contribution is -2.42. The number of amides is 1. The monoisotopic (exact) mass is 428 g/mol. The van der Waals surface area contributed by atoms with Crippen molar-refractivity contribution in [3.8, 4) is 0 Å². The quantitative estimate of drug-likeness (QED) is 0.613. The van der Waals surface area contributed by atoms with E-state index in [0.717, 1.165) is 6.07 Å². The predicted octanol–water partition coefficient (Wildman–Crippen LogP) is 3.76. The summed E-state index contributed by atoms with van der Waals surface area (Å²) >= 11 is 6.03. The second-order valence-corrected chi connectivity index (χ2v) is 8.44. The minimum absolute atomic E-state index is 0.0279. The molecule has 0 aliphatic carbocycles. The van der Waals surface area contributed by atoms with Crippen LogP contribution in [0.3, 0.4) is 0 Å². The molecule has 4 N–H and O–H groups in total. The first-order chi connectivity index (χ1) is 13.4. The van der Waals surface area contributed by atoms with Gasteiger partial charge in [-0.15, -0.1) is 0 Å². The smallest absolute Gasteiger partial charge is 0.251 e. The second kappa shape index (κ2) is 9.15. The third-order valence-corrected chi connectivity index (χ3v) is 4.50. The predicted molar refractivity (Wildman–Crippen MR) is 106 cm³/mol. The molecule has 2 atom stereocenters. The molecule has 0 heterocycles. The third-order valence-electron chi connectivity index (χ3n) is 4.27. The number of hydrogen-bond donors (Lipinski definition) is 3. The fourth-order valence-electron chi connectivity index (χ4n) is 2.85. The Bertz CT molecular complexity index is 900. The van der Waals surface area contributed by atoms with Crippen molar-refractivity contribution < 1.29 is 23.1 Å². The van der Waals surface area contributed by atoms with Crippen LogP contribution in [0, 0.1) is 17.5 Å². The van der Waals surface area contributed by atoms with Crippen molar-refractivity contribution in [1.82, 2.24) is 5.32 Å². The van der Waals surface area contributed by atoms with Gasteiger partial charge in [0.15, 0.2) is 11.6 Å². The van der Waals surface area contributed by atoms with Crippen LogP contribution in [0.5, 0.6) is 0 Å². The normalized spacial score (nSPS) is 13.8. The zero-order valence-corrected chi connectivity index (χ0v) is 17.2. The van der Waals surface area contributed by atoms with Gasteiger partial charge in [0.1, 0.15) is 5.82 Å². The fourth-order valence-corrected chi connectivity index (χ4v) is 3.04. The maximum Gasteiger partial charge on any atom is 0.251 e. The van der Waals surface area contributed by atoms with Crippen molar-refractivity contribution >= 4 is 17.5 Å². The van der Waals surface area contributed by atoms with Crippen molar-refractivity contribution in [3.05, 3.63) is 69.5 Å². The van der Waals surface area contributed by atoms with Crippen LogP contribution in [-0.4, -0.2) is 28.7 Å². The van der Waals surface area contributed by atoms with Gasteiger partial charge < -0.3 is 16.2 Å². The molecule has 2 aromatic rings. The molecule has 0 aliphatic heterocycles. The zero-order chi connectivity index (χ0) is 21.9. The van der Waals surface area contributed by atoms with Crippen LogP contribution in [0.25, 0.3) is 0 Å². The summed E-state index contributed by atoms with van der Waals surface area (Å²) in [5.41, 5.74) is 6.14. The number of aliphatic hydroxyl groups excluding tert-OH is 1. The van der Waals surface area contributed by atoms with E-state index in [1.54, 1.807) is 18.2 Å². The average molecular weight is 429 g/mol. The Morgan fingerprint density at radius 2 is 1.69 bits per heavy atom. The highest BCUT2D eigenvalue weighted by atomic mass is 35.5. The second-order valence-electron chi connectivity index (χ2n) is 8.00. The van der Waals surface area contributed by atoms with E-state index in [4.69, 9.17) is 17.3 Å². The van der Waals surface area contributed by atoms with E-state index in [0.29, 0.717) is 22.2 Å². The summed E-state index contributed by atoms with van der Waals surface area (Å²) in [5.74, 6) is -3.77. The molecule has 2 unspecified atom stereocenters. The Kier molecular flexibility index (Phi) is 7.32. The first-order valence-electron chi connectivity index (χ1n) is 9.05. The van der Waals surface area contributed by atoms with E-state index >= 15 is 0 Å². The molecule has 0 saturated carbocycles. The van der Waals surface area contributed by atoms with Crippen LogP contribution in [-0.2, 0) is 12.8 Å². The van der Waals surface area contributed by atoms with Crippen LogP contribution in [0.4, 0.5) is 13.2 Å². The van der Waals surface area contributed by atoms with Crippen molar-refractivity contribution in [2.24, 2.45) is 5.73 Å². The Morgan fingerprint density at radius 3 is 2.31 bits per heavy atom. The summed E-state index contributed by atoms with van der Waals surface area (Å²) in [7, 11) is 0. The van der Waals surface area contributed by atoms with E-state index in [2.05, 4.69) is 5.32 Å². The number of benzene rings is 2. The molecule has 29 heavy (non-hydrogen) atoms. The standard InChI is InChI=1S/C21H24ClF3N2O2/c1-21(2,3)27-20(29)14-5-4-13(22)6-11(14)9-19(28)18(26)8-12-7-16(24)17(25)10-15(12)23/h4-7,10,18-19,28H,8-9,26H2,1-3H3,(H,27,29). The minimum Gasteiger partial charge on any atom is -0.391 e. The summed E-state index contributed by atoms with van der Waals surface area (Å²) in [6.07, 6.45) is -1.42. The highest BCUT2D eigenvalue weighted by Gasteiger charge is 2.23. The maximum absolute atomic E-state index is 13.8. The lowest BCUT2D eigenvalue weighted by atomic mass is 9.94. The molecule has 0 fully saturated rings. The maximum atomic E-state index is 13.8. The van der Waals surface area contributed by atoms with Gasteiger partial charge in [-0.1, -0.05) is 11.6 Å². The molecule has 0 spiro atoms. The summed E-state index contributed by atoms with van der Waals surface area (Å²) in [4.78, 5) is 12.6. The van der Waals surface area contributed by atoms with Gasteiger partial charge in [0.2, 0.25) is 0 Å². The molecule has 0 bridgehead atoms. The van der Waals surface area contributed by atoms with Crippen molar-refractivity contribution in [3.63, 3.8) is 0 Å². The molecule has 2 aromatic carbocycles. The molecule has 0 saturated heterocycles. The van der Waals surface area contributed by atoms with E-state index in [1.165, 1.54) is 0 Å². The Hall–Kier alpha value is -2.09. The van der Waals surface area contributed by atoms with Gasteiger partial charge >= 0.3 is 0 Å². The average Bonchev–Trinajstić information content (AvgIpc) is 2.58. The first-order valence-corrected chi connectivity index (χ1v) is 9.43. The number of rotatable bonds is 6. The van der Waals surface area contributed by atoms with Crippen molar-refractivity contribution in [1.29, 1.82) is 0 Å². The summed E-state index contributed by atoms with van der Waals surface area (Å²) in [5, 5.41) is 13.7. The van der Waals surface area contributed by atoms with Gasteiger partial charge in [0, 0.05) is 34.7 Å². The lowest BCUT2D eigenvalue weighted by Gasteiger charge is -2.23. The third kappa shape index (κ3) is 6.45. The minimum atomic E-state index is -1.30. The molecular weight excluding hydrogens is 405 g/mol. The topological polar surface area (TPSA) is 75.3 Å². The fraction of sp³-hybridized carbons (Fsp3) is 0.381. The number of nitrogens with two attached hydrogens (primary N) is 1. The zero-order valence-electron chi connectivity index (χ0n) is 16.4. The molecule has 0 radical (unpaired) electrons. The molecule has 4 nitrogen and oxygen atoms in total. The molecule has 158 valence electrons. The highest BCUT2D eigenvalue weighted by molar-refractivity contribution is 6.30. The van der Waals surface area contributed by atoms with E-state index < -0.39 is 35.1 Å². The van der Waals surface area contributed by atoms with Gasteiger partial charge in [-0.25, -0.2) is 13.2 Å². The summed E-state index contributed by atoms with van der Waals surface area (Å²) in [6.45, 7) is 5.50. The number of carbonyl (C=O) groups excluding carboxylic acids is 1. The largest absolute Gasteiger partial charge is 0.391 e. The van der Waals surface area contributed by atoms with Crippen LogP contribution in [0.1, 0.15) is 42.3 Å². The van der Waals surface area contributed by atoms with E-state index in [9.17, 15) is 23.1 Å². The number of nitrogens with one attached hydrogen (secondary N) is 1. The van der Waals surface area contributed by atoms with Gasteiger partial charge in [0.25, 0.3) is 5.91 Å². The van der Waals surface area contributed by atoms with Gasteiger partial charge in [-0.2, -0.15) is 0 Å². The SMILES string of the molecule is CC(C)(C)NC(=O)c1ccc(Cl)cc1CC(O)C(N)Cc1cc(F)c(F)cc1F. The summed E-state index contributed by atoms with van der Waals surface area (Å²) in [6, 6.07) is 4.84. The van der Waals surface area contributed by atoms with E-state index in [-0.39, 0.29) is 24.3 Å².